The average Bonchev–Trinajstić information content (AvgIpc) is 2.99. The van der Waals surface area contributed by atoms with E-state index in [0.29, 0.717) is 25.4 Å². The molecule has 1 atom stereocenters. The minimum Gasteiger partial charge on any atom is -0.467 e. The van der Waals surface area contributed by atoms with Crippen molar-refractivity contribution in [3.8, 4) is 0 Å². The van der Waals surface area contributed by atoms with Gasteiger partial charge in [-0.05, 0) is 18.1 Å². The summed E-state index contributed by atoms with van der Waals surface area (Å²) in [5, 5.41) is 0. The molecule has 0 N–H and O–H groups in total. The summed E-state index contributed by atoms with van der Waals surface area (Å²) in [5.74, 6) is 1.05. The highest BCUT2D eigenvalue weighted by Gasteiger charge is 2.35. The van der Waals surface area contributed by atoms with E-state index in [1.807, 2.05) is 13.1 Å². The van der Waals surface area contributed by atoms with Crippen molar-refractivity contribution in [1.29, 1.82) is 0 Å². The van der Waals surface area contributed by atoms with Crippen LogP contribution in [0.5, 0.6) is 0 Å². The highest BCUT2D eigenvalue weighted by Crippen LogP contribution is 2.22. The predicted molar refractivity (Wildman–Crippen MR) is 74.7 cm³/mol. The Labute approximate surface area is 119 Å². The molecule has 1 aliphatic heterocycles. The molecule has 1 aliphatic rings. The number of rotatable bonds is 5. The molecule has 2 heterocycles. The molecule has 1 unspecified atom stereocenters. The third kappa shape index (κ3) is 3.40. The van der Waals surface area contributed by atoms with Crippen LogP contribution in [-0.2, 0) is 16.1 Å². The summed E-state index contributed by atoms with van der Waals surface area (Å²) in [6.45, 7) is 5.81. The lowest BCUT2D eigenvalue weighted by Crippen LogP contribution is -2.36. The molecule has 0 saturated carbocycles. The van der Waals surface area contributed by atoms with Gasteiger partial charge in [-0.1, -0.05) is 13.8 Å². The SMILES string of the molecule is CC(C)CN(C)C(=O)C1CC(=O)N(Cc2ccco2)C1. The third-order valence-corrected chi connectivity index (χ3v) is 3.51. The molecule has 2 rings (SSSR count). The number of carbonyl (C=O) groups excluding carboxylic acids is 2. The van der Waals surface area contributed by atoms with Crippen molar-refractivity contribution < 1.29 is 14.0 Å². The van der Waals surface area contributed by atoms with Gasteiger partial charge in [0.15, 0.2) is 0 Å². The second kappa shape index (κ2) is 6.11. The van der Waals surface area contributed by atoms with Crippen molar-refractivity contribution in [3.63, 3.8) is 0 Å². The first-order valence-electron chi connectivity index (χ1n) is 7.02. The van der Waals surface area contributed by atoms with E-state index in [9.17, 15) is 9.59 Å². The maximum absolute atomic E-state index is 12.3. The second-order valence-corrected chi connectivity index (χ2v) is 5.87. The smallest absolute Gasteiger partial charge is 0.227 e. The Balaban J connectivity index is 1.92. The minimum atomic E-state index is -0.221. The first-order chi connectivity index (χ1) is 9.47. The maximum Gasteiger partial charge on any atom is 0.227 e. The fourth-order valence-corrected chi connectivity index (χ4v) is 2.63. The molecule has 1 saturated heterocycles. The Morgan fingerprint density at radius 2 is 2.30 bits per heavy atom. The monoisotopic (exact) mass is 278 g/mol. The van der Waals surface area contributed by atoms with Gasteiger partial charge in [-0.25, -0.2) is 0 Å². The number of nitrogens with zero attached hydrogens (tertiary/aromatic N) is 2. The summed E-state index contributed by atoms with van der Waals surface area (Å²) >= 11 is 0. The van der Waals surface area contributed by atoms with E-state index in [-0.39, 0.29) is 17.7 Å². The minimum absolute atomic E-state index is 0.0256. The van der Waals surface area contributed by atoms with E-state index in [0.717, 1.165) is 12.3 Å². The number of carbonyl (C=O) groups is 2. The normalized spacial score (nSPS) is 18.9. The topological polar surface area (TPSA) is 53.8 Å². The van der Waals surface area contributed by atoms with Crippen LogP contribution in [0.1, 0.15) is 26.0 Å². The maximum atomic E-state index is 12.3. The molecule has 0 aromatic carbocycles. The van der Waals surface area contributed by atoms with E-state index in [1.54, 1.807) is 22.1 Å². The second-order valence-electron chi connectivity index (χ2n) is 5.87. The van der Waals surface area contributed by atoms with Crippen molar-refractivity contribution in [3.05, 3.63) is 24.2 Å². The van der Waals surface area contributed by atoms with Gasteiger partial charge in [-0.2, -0.15) is 0 Å². The van der Waals surface area contributed by atoms with Crippen LogP contribution in [0.25, 0.3) is 0 Å². The van der Waals surface area contributed by atoms with Crippen LogP contribution in [-0.4, -0.2) is 41.8 Å². The van der Waals surface area contributed by atoms with Crippen LogP contribution >= 0.6 is 0 Å². The van der Waals surface area contributed by atoms with Crippen molar-refractivity contribution in [1.82, 2.24) is 9.80 Å². The molecule has 0 aliphatic carbocycles. The van der Waals surface area contributed by atoms with Crippen molar-refractivity contribution >= 4 is 11.8 Å². The van der Waals surface area contributed by atoms with Gasteiger partial charge in [0.05, 0.1) is 18.7 Å². The van der Waals surface area contributed by atoms with Crippen LogP contribution in [0.2, 0.25) is 0 Å². The number of furan rings is 1. The largest absolute Gasteiger partial charge is 0.467 e. The fraction of sp³-hybridized carbons (Fsp3) is 0.600. The average molecular weight is 278 g/mol. The Kier molecular flexibility index (Phi) is 4.47. The van der Waals surface area contributed by atoms with Crippen LogP contribution in [0.3, 0.4) is 0 Å². The zero-order valence-electron chi connectivity index (χ0n) is 12.3. The highest BCUT2D eigenvalue weighted by molar-refractivity contribution is 5.89. The molecule has 5 nitrogen and oxygen atoms in total. The number of likely N-dealkylation sites (tertiary alicyclic amines) is 1. The molecular weight excluding hydrogens is 256 g/mol. The van der Waals surface area contributed by atoms with Gasteiger partial charge >= 0.3 is 0 Å². The van der Waals surface area contributed by atoms with Gasteiger partial charge in [0.25, 0.3) is 0 Å². The zero-order chi connectivity index (χ0) is 14.7. The Morgan fingerprint density at radius 3 is 2.90 bits per heavy atom. The third-order valence-electron chi connectivity index (χ3n) is 3.51. The number of hydrogen-bond acceptors (Lipinski definition) is 3. The van der Waals surface area contributed by atoms with Crippen molar-refractivity contribution in [2.24, 2.45) is 11.8 Å². The lowest BCUT2D eigenvalue weighted by molar-refractivity contribution is -0.135. The van der Waals surface area contributed by atoms with E-state index in [4.69, 9.17) is 4.42 Å². The van der Waals surface area contributed by atoms with Gasteiger partial charge in [0.1, 0.15) is 5.76 Å². The Bertz CT molecular complexity index is 467. The molecule has 0 bridgehead atoms. The van der Waals surface area contributed by atoms with Crippen molar-refractivity contribution in [2.75, 3.05) is 20.1 Å². The lowest BCUT2D eigenvalue weighted by atomic mass is 10.1. The molecule has 2 amide bonds. The van der Waals surface area contributed by atoms with Gasteiger partial charge in [-0.15, -0.1) is 0 Å². The summed E-state index contributed by atoms with van der Waals surface area (Å²) in [6.07, 6.45) is 1.90. The van der Waals surface area contributed by atoms with E-state index in [1.165, 1.54) is 0 Å². The molecule has 1 aromatic rings. The predicted octanol–water partition coefficient (Wildman–Crippen LogP) is 1.74. The summed E-state index contributed by atoms with van der Waals surface area (Å²) < 4.78 is 5.25. The van der Waals surface area contributed by atoms with E-state index < -0.39 is 0 Å². The summed E-state index contributed by atoms with van der Waals surface area (Å²) in [4.78, 5) is 27.7. The zero-order valence-corrected chi connectivity index (χ0v) is 12.3. The number of amides is 2. The van der Waals surface area contributed by atoms with E-state index >= 15 is 0 Å². The number of hydrogen-bond donors (Lipinski definition) is 0. The Morgan fingerprint density at radius 1 is 1.55 bits per heavy atom. The Hall–Kier alpha value is -1.78. The first kappa shape index (κ1) is 14.6. The summed E-state index contributed by atoms with van der Waals surface area (Å²) in [5.41, 5.74) is 0. The van der Waals surface area contributed by atoms with Crippen LogP contribution in [0, 0.1) is 11.8 Å². The molecule has 1 aromatic heterocycles. The van der Waals surface area contributed by atoms with Gasteiger partial charge < -0.3 is 14.2 Å². The highest BCUT2D eigenvalue weighted by atomic mass is 16.3. The van der Waals surface area contributed by atoms with Gasteiger partial charge in [0, 0.05) is 26.6 Å². The van der Waals surface area contributed by atoms with Crippen LogP contribution in [0.4, 0.5) is 0 Å². The quantitative estimate of drug-likeness (QED) is 0.824. The van der Waals surface area contributed by atoms with Gasteiger partial charge in [-0.3, -0.25) is 9.59 Å². The fourth-order valence-electron chi connectivity index (χ4n) is 2.63. The molecule has 1 fully saturated rings. The first-order valence-corrected chi connectivity index (χ1v) is 7.02. The van der Waals surface area contributed by atoms with Crippen molar-refractivity contribution in [2.45, 2.75) is 26.8 Å². The van der Waals surface area contributed by atoms with Crippen LogP contribution in [0.15, 0.2) is 22.8 Å². The molecule has 0 radical (unpaired) electrons. The molecule has 0 spiro atoms. The lowest BCUT2D eigenvalue weighted by Gasteiger charge is -2.22. The molecule has 20 heavy (non-hydrogen) atoms. The van der Waals surface area contributed by atoms with E-state index in [2.05, 4.69) is 13.8 Å². The van der Waals surface area contributed by atoms with Crippen LogP contribution < -0.4 is 0 Å². The van der Waals surface area contributed by atoms with Gasteiger partial charge in [0.2, 0.25) is 11.8 Å². The summed E-state index contributed by atoms with van der Waals surface area (Å²) in [6, 6.07) is 3.64. The summed E-state index contributed by atoms with van der Waals surface area (Å²) in [7, 11) is 1.81. The molecule has 110 valence electrons. The molecule has 5 heteroatoms. The standard InChI is InChI=1S/C15H22N2O3/c1-11(2)8-16(3)15(19)12-7-14(18)17(9-12)10-13-5-4-6-20-13/h4-6,11-12H,7-10H2,1-3H3. The molecular formula is C15H22N2O3.